The Kier molecular flexibility index (Phi) is 5.15. The van der Waals surface area contributed by atoms with Gasteiger partial charge in [0.15, 0.2) is 0 Å². The molecule has 0 aliphatic carbocycles. The van der Waals surface area contributed by atoms with Crippen molar-refractivity contribution in [1.29, 1.82) is 0 Å². The first kappa shape index (κ1) is 17.8. The maximum absolute atomic E-state index is 13.7. The Morgan fingerprint density at radius 3 is 2.50 bits per heavy atom. The SMILES string of the molecule is CNc1ccc(S(=O)(=O)N(C)Cc2ccccc2F)cc1[N+](=O)[O-]. The molecule has 1 N–H and O–H groups in total. The van der Waals surface area contributed by atoms with Crippen LogP contribution in [0.5, 0.6) is 0 Å². The highest BCUT2D eigenvalue weighted by Gasteiger charge is 2.25. The Labute approximate surface area is 138 Å². The lowest BCUT2D eigenvalue weighted by Gasteiger charge is -2.18. The van der Waals surface area contributed by atoms with E-state index in [4.69, 9.17) is 0 Å². The molecule has 0 aliphatic rings. The summed E-state index contributed by atoms with van der Waals surface area (Å²) in [5.74, 6) is -0.518. The number of nitro benzene ring substituents is 1. The van der Waals surface area contributed by atoms with Crippen molar-refractivity contribution in [1.82, 2.24) is 4.31 Å². The highest BCUT2D eigenvalue weighted by Crippen LogP contribution is 2.28. The Balaban J connectivity index is 2.38. The Bertz CT molecular complexity index is 871. The van der Waals surface area contributed by atoms with Gasteiger partial charge in [0.25, 0.3) is 5.69 Å². The highest BCUT2D eigenvalue weighted by atomic mass is 32.2. The largest absolute Gasteiger partial charge is 0.383 e. The molecule has 0 atom stereocenters. The van der Waals surface area contributed by atoms with Gasteiger partial charge in [-0.15, -0.1) is 0 Å². The number of halogens is 1. The molecule has 0 bridgehead atoms. The molecule has 0 spiro atoms. The van der Waals surface area contributed by atoms with Gasteiger partial charge >= 0.3 is 0 Å². The summed E-state index contributed by atoms with van der Waals surface area (Å²) in [6, 6.07) is 9.40. The van der Waals surface area contributed by atoms with Gasteiger partial charge in [-0.1, -0.05) is 18.2 Å². The van der Waals surface area contributed by atoms with E-state index in [1.165, 1.54) is 44.4 Å². The molecular formula is C15H16FN3O4S. The fourth-order valence-electron chi connectivity index (χ4n) is 2.17. The highest BCUT2D eigenvalue weighted by molar-refractivity contribution is 7.89. The Morgan fingerprint density at radius 2 is 1.92 bits per heavy atom. The summed E-state index contributed by atoms with van der Waals surface area (Å²) in [5, 5.41) is 13.7. The van der Waals surface area contributed by atoms with Crippen molar-refractivity contribution >= 4 is 21.4 Å². The molecule has 0 saturated heterocycles. The molecule has 9 heteroatoms. The number of anilines is 1. The van der Waals surface area contributed by atoms with Gasteiger partial charge in [-0.2, -0.15) is 4.31 Å². The van der Waals surface area contributed by atoms with Crippen LogP contribution in [-0.4, -0.2) is 31.7 Å². The molecule has 0 amide bonds. The predicted octanol–water partition coefficient (Wildman–Crippen LogP) is 2.60. The van der Waals surface area contributed by atoms with E-state index in [1.807, 2.05) is 0 Å². The third-order valence-electron chi connectivity index (χ3n) is 3.49. The quantitative estimate of drug-likeness (QED) is 0.636. The summed E-state index contributed by atoms with van der Waals surface area (Å²) < 4.78 is 39.8. The number of benzene rings is 2. The topological polar surface area (TPSA) is 92.6 Å². The first-order valence-electron chi connectivity index (χ1n) is 6.93. The second kappa shape index (κ2) is 6.93. The molecule has 7 nitrogen and oxygen atoms in total. The van der Waals surface area contributed by atoms with Gasteiger partial charge in [0, 0.05) is 32.3 Å². The maximum atomic E-state index is 13.7. The van der Waals surface area contributed by atoms with Crippen molar-refractivity contribution in [2.45, 2.75) is 11.4 Å². The molecule has 0 aromatic heterocycles. The van der Waals surface area contributed by atoms with Gasteiger partial charge in [-0.25, -0.2) is 12.8 Å². The van der Waals surface area contributed by atoms with E-state index >= 15 is 0 Å². The predicted molar refractivity (Wildman–Crippen MR) is 87.7 cm³/mol. The molecule has 2 rings (SSSR count). The van der Waals surface area contributed by atoms with E-state index in [-0.39, 0.29) is 28.4 Å². The van der Waals surface area contributed by atoms with Crippen molar-refractivity contribution < 1.29 is 17.7 Å². The van der Waals surface area contributed by atoms with Crippen LogP contribution in [0.25, 0.3) is 0 Å². The van der Waals surface area contributed by atoms with Crippen molar-refractivity contribution in [2.75, 3.05) is 19.4 Å². The standard InChI is InChI=1S/C15H16FN3O4S/c1-17-14-8-7-12(9-15(14)19(20)21)24(22,23)18(2)10-11-5-3-4-6-13(11)16/h3-9,17H,10H2,1-2H3. The molecule has 128 valence electrons. The molecule has 0 heterocycles. The molecule has 0 unspecified atom stereocenters. The molecule has 0 radical (unpaired) electrons. The molecule has 24 heavy (non-hydrogen) atoms. The van der Waals surface area contributed by atoms with Crippen LogP contribution in [0.1, 0.15) is 5.56 Å². The number of hydrogen-bond donors (Lipinski definition) is 1. The van der Waals surface area contributed by atoms with Crippen LogP contribution in [0.4, 0.5) is 15.8 Å². The molecule has 2 aromatic carbocycles. The average Bonchev–Trinajstić information content (AvgIpc) is 2.56. The van der Waals surface area contributed by atoms with Crippen molar-refractivity contribution in [3.63, 3.8) is 0 Å². The molecular weight excluding hydrogens is 337 g/mol. The van der Waals surface area contributed by atoms with E-state index in [1.54, 1.807) is 6.07 Å². The molecule has 0 fully saturated rings. The minimum Gasteiger partial charge on any atom is -0.383 e. The number of sulfonamides is 1. The zero-order valence-corrected chi connectivity index (χ0v) is 13.9. The number of rotatable bonds is 6. The van der Waals surface area contributed by atoms with Crippen LogP contribution in [0.15, 0.2) is 47.4 Å². The fourth-order valence-corrected chi connectivity index (χ4v) is 3.34. The van der Waals surface area contributed by atoms with Gasteiger partial charge in [-0.3, -0.25) is 10.1 Å². The third-order valence-corrected chi connectivity index (χ3v) is 5.29. The monoisotopic (exact) mass is 353 g/mol. The van der Waals surface area contributed by atoms with E-state index < -0.39 is 20.8 Å². The number of hydrogen-bond acceptors (Lipinski definition) is 5. The van der Waals surface area contributed by atoms with Crippen LogP contribution in [0.3, 0.4) is 0 Å². The lowest BCUT2D eigenvalue weighted by molar-refractivity contribution is -0.384. The summed E-state index contributed by atoms with van der Waals surface area (Å²) in [6.45, 7) is -0.184. The third kappa shape index (κ3) is 3.52. The summed E-state index contributed by atoms with van der Waals surface area (Å²) in [4.78, 5) is 10.2. The normalized spacial score (nSPS) is 11.5. The van der Waals surface area contributed by atoms with E-state index in [2.05, 4.69) is 5.32 Å². The second-order valence-electron chi connectivity index (χ2n) is 5.04. The Morgan fingerprint density at radius 1 is 1.25 bits per heavy atom. The summed E-state index contributed by atoms with van der Waals surface area (Å²) >= 11 is 0. The fraction of sp³-hybridized carbons (Fsp3) is 0.200. The first-order valence-corrected chi connectivity index (χ1v) is 8.37. The molecule has 2 aromatic rings. The second-order valence-corrected chi connectivity index (χ2v) is 7.08. The number of nitro groups is 1. The lowest BCUT2D eigenvalue weighted by Crippen LogP contribution is -2.27. The zero-order valence-electron chi connectivity index (χ0n) is 13.1. The van der Waals surface area contributed by atoms with Crippen LogP contribution in [0, 0.1) is 15.9 Å². The first-order chi connectivity index (χ1) is 11.3. The average molecular weight is 353 g/mol. The number of nitrogens with one attached hydrogen (secondary N) is 1. The van der Waals surface area contributed by atoms with Crippen LogP contribution in [-0.2, 0) is 16.6 Å². The van der Waals surface area contributed by atoms with E-state index in [9.17, 15) is 22.9 Å². The molecule has 0 aliphatic heterocycles. The summed E-state index contributed by atoms with van der Waals surface area (Å²) in [7, 11) is -1.21. The minimum absolute atomic E-state index is 0.184. The summed E-state index contributed by atoms with van der Waals surface area (Å²) in [6.07, 6.45) is 0. The van der Waals surface area contributed by atoms with Crippen molar-refractivity contribution in [3.05, 3.63) is 64.0 Å². The van der Waals surface area contributed by atoms with Crippen LogP contribution >= 0.6 is 0 Å². The number of nitrogens with zero attached hydrogens (tertiary/aromatic N) is 2. The van der Waals surface area contributed by atoms with Gasteiger partial charge < -0.3 is 5.32 Å². The van der Waals surface area contributed by atoms with Gasteiger partial charge in [0.1, 0.15) is 11.5 Å². The lowest BCUT2D eigenvalue weighted by atomic mass is 10.2. The van der Waals surface area contributed by atoms with E-state index in [0.717, 1.165) is 10.4 Å². The minimum atomic E-state index is -4.00. The van der Waals surface area contributed by atoms with Crippen molar-refractivity contribution in [3.8, 4) is 0 Å². The maximum Gasteiger partial charge on any atom is 0.293 e. The van der Waals surface area contributed by atoms with E-state index in [0.29, 0.717) is 0 Å². The van der Waals surface area contributed by atoms with Gasteiger partial charge in [0.2, 0.25) is 10.0 Å². The smallest absolute Gasteiger partial charge is 0.293 e. The Hall–Kier alpha value is -2.52. The molecule has 0 saturated carbocycles. The van der Waals surface area contributed by atoms with Crippen molar-refractivity contribution in [2.24, 2.45) is 0 Å². The van der Waals surface area contributed by atoms with Gasteiger partial charge in [-0.05, 0) is 18.2 Å². The zero-order chi connectivity index (χ0) is 17.9. The van der Waals surface area contributed by atoms with Gasteiger partial charge in [0.05, 0.1) is 9.82 Å². The van der Waals surface area contributed by atoms with Crippen LogP contribution in [0.2, 0.25) is 0 Å². The van der Waals surface area contributed by atoms with Crippen LogP contribution < -0.4 is 5.32 Å². The summed E-state index contributed by atoms with van der Waals surface area (Å²) in [5.41, 5.74) is 0.0680.